The number of carbonyl (C=O) groups is 1. The van der Waals surface area contributed by atoms with Crippen LogP contribution in [0.4, 0.5) is 0 Å². The number of unbranched alkanes of at least 4 members (excludes halogenated alkanes) is 2. The average molecular weight is 218 g/mol. The molecule has 0 saturated carbocycles. The molecule has 0 radical (unpaired) electrons. The van der Waals surface area contributed by atoms with Crippen molar-refractivity contribution in [2.24, 2.45) is 5.84 Å². The zero-order valence-corrected chi connectivity index (χ0v) is 9.37. The Bertz CT molecular complexity index is 165. The Balaban J connectivity index is 3.25. The first-order chi connectivity index (χ1) is 7.20. The molecule has 5 nitrogen and oxygen atoms in total. The topological polar surface area (TPSA) is 84.6 Å². The van der Waals surface area contributed by atoms with E-state index < -0.39 is 6.10 Å². The minimum absolute atomic E-state index is 0.232. The van der Waals surface area contributed by atoms with Gasteiger partial charge in [-0.15, -0.1) is 0 Å². The summed E-state index contributed by atoms with van der Waals surface area (Å²) in [7, 11) is 0. The molecule has 90 valence electrons. The SMILES string of the molecule is CCCCCOC[C@@H](O)CCC(=O)NN. The van der Waals surface area contributed by atoms with Crippen LogP contribution in [0.5, 0.6) is 0 Å². The molecule has 1 atom stereocenters. The maximum Gasteiger partial charge on any atom is 0.233 e. The summed E-state index contributed by atoms with van der Waals surface area (Å²) in [6.07, 6.45) is 3.36. The molecule has 0 heterocycles. The molecule has 0 rings (SSSR count). The van der Waals surface area contributed by atoms with Gasteiger partial charge in [0.2, 0.25) is 5.91 Å². The number of hydrazine groups is 1. The Morgan fingerprint density at radius 3 is 2.87 bits per heavy atom. The molecule has 1 amide bonds. The van der Waals surface area contributed by atoms with Crippen LogP contribution in [-0.4, -0.2) is 30.3 Å². The van der Waals surface area contributed by atoms with E-state index in [9.17, 15) is 9.90 Å². The molecule has 0 fully saturated rings. The van der Waals surface area contributed by atoms with Crippen molar-refractivity contribution >= 4 is 5.91 Å². The monoisotopic (exact) mass is 218 g/mol. The number of nitrogens with one attached hydrogen (secondary N) is 1. The van der Waals surface area contributed by atoms with E-state index in [1.165, 1.54) is 0 Å². The van der Waals surface area contributed by atoms with Crippen LogP contribution in [0.2, 0.25) is 0 Å². The fourth-order valence-electron chi connectivity index (χ4n) is 1.13. The van der Waals surface area contributed by atoms with E-state index >= 15 is 0 Å². The standard InChI is InChI=1S/C10H22N2O3/c1-2-3-4-7-15-8-9(13)5-6-10(14)12-11/h9,13H,2-8,11H2,1H3,(H,12,14)/t9-/m0/s1. The number of hydrogen-bond acceptors (Lipinski definition) is 4. The Hall–Kier alpha value is -0.650. The lowest BCUT2D eigenvalue weighted by molar-refractivity contribution is -0.121. The smallest absolute Gasteiger partial charge is 0.233 e. The molecular weight excluding hydrogens is 196 g/mol. The van der Waals surface area contributed by atoms with Gasteiger partial charge >= 0.3 is 0 Å². The van der Waals surface area contributed by atoms with Gasteiger partial charge in [0.15, 0.2) is 0 Å². The number of carbonyl (C=O) groups excluding carboxylic acids is 1. The zero-order chi connectivity index (χ0) is 11.5. The molecule has 0 saturated heterocycles. The minimum atomic E-state index is -0.580. The number of rotatable bonds is 9. The molecule has 0 aromatic rings. The molecule has 0 spiro atoms. The van der Waals surface area contributed by atoms with Crippen LogP contribution >= 0.6 is 0 Å². The lowest BCUT2D eigenvalue weighted by atomic mass is 10.2. The van der Waals surface area contributed by atoms with E-state index in [0.717, 1.165) is 19.3 Å². The van der Waals surface area contributed by atoms with Gasteiger partial charge in [-0.05, 0) is 12.8 Å². The second-order valence-corrected chi connectivity index (χ2v) is 3.54. The first-order valence-corrected chi connectivity index (χ1v) is 5.46. The van der Waals surface area contributed by atoms with Gasteiger partial charge in [-0.25, -0.2) is 5.84 Å². The van der Waals surface area contributed by atoms with Gasteiger partial charge in [0.05, 0.1) is 12.7 Å². The summed E-state index contributed by atoms with van der Waals surface area (Å²) in [6.45, 7) is 3.09. The lowest BCUT2D eigenvalue weighted by Crippen LogP contribution is -2.31. The van der Waals surface area contributed by atoms with E-state index in [1.807, 2.05) is 5.43 Å². The highest BCUT2D eigenvalue weighted by molar-refractivity contribution is 5.75. The Kier molecular flexibility index (Phi) is 9.46. The zero-order valence-electron chi connectivity index (χ0n) is 9.37. The van der Waals surface area contributed by atoms with Gasteiger partial charge in [0.1, 0.15) is 0 Å². The van der Waals surface area contributed by atoms with Crippen LogP contribution in [0, 0.1) is 0 Å². The second-order valence-electron chi connectivity index (χ2n) is 3.54. The first kappa shape index (κ1) is 14.3. The third-order valence-corrected chi connectivity index (χ3v) is 2.07. The summed E-state index contributed by atoms with van der Waals surface area (Å²) in [4.78, 5) is 10.7. The Morgan fingerprint density at radius 2 is 2.27 bits per heavy atom. The van der Waals surface area contributed by atoms with E-state index in [0.29, 0.717) is 19.6 Å². The fourth-order valence-corrected chi connectivity index (χ4v) is 1.13. The summed E-state index contributed by atoms with van der Waals surface area (Å²) < 4.78 is 5.25. The molecule has 0 bridgehead atoms. The van der Waals surface area contributed by atoms with Crippen molar-refractivity contribution in [3.8, 4) is 0 Å². The molecule has 0 aliphatic heterocycles. The molecule has 0 unspecified atom stereocenters. The van der Waals surface area contributed by atoms with Crippen LogP contribution in [0.25, 0.3) is 0 Å². The summed E-state index contributed by atoms with van der Waals surface area (Å²) >= 11 is 0. The molecule has 4 N–H and O–H groups in total. The first-order valence-electron chi connectivity index (χ1n) is 5.46. The normalized spacial score (nSPS) is 12.5. The predicted molar refractivity (Wildman–Crippen MR) is 57.9 cm³/mol. The van der Waals surface area contributed by atoms with Gasteiger partial charge < -0.3 is 9.84 Å². The number of aliphatic hydroxyl groups is 1. The van der Waals surface area contributed by atoms with Crippen molar-refractivity contribution in [2.45, 2.75) is 45.1 Å². The van der Waals surface area contributed by atoms with Crippen LogP contribution < -0.4 is 11.3 Å². The summed E-state index contributed by atoms with van der Waals surface area (Å²) in [5.41, 5.74) is 2.01. The molecule has 5 heteroatoms. The lowest BCUT2D eigenvalue weighted by Gasteiger charge is -2.10. The van der Waals surface area contributed by atoms with Crippen LogP contribution in [-0.2, 0) is 9.53 Å². The average Bonchev–Trinajstić information content (AvgIpc) is 2.25. The quantitative estimate of drug-likeness (QED) is 0.225. The van der Waals surface area contributed by atoms with Crippen molar-refractivity contribution in [3.05, 3.63) is 0 Å². The Morgan fingerprint density at radius 1 is 1.53 bits per heavy atom. The highest BCUT2D eigenvalue weighted by atomic mass is 16.5. The van der Waals surface area contributed by atoms with Gasteiger partial charge in [0.25, 0.3) is 0 Å². The van der Waals surface area contributed by atoms with E-state index in [1.54, 1.807) is 0 Å². The fraction of sp³-hybridized carbons (Fsp3) is 0.900. The maximum absolute atomic E-state index is 10.7. The highest BCUT2D eigenvalue weighted by Crippen LogP contribution is 1.99. The van der Waals surface area contributed by atoms with E-state index in [4.69, 9.17) is 10.6 Å². The predicted octanol–water partition coefficient (Wildman–Crippen LogP) is 0.324. The number of nitrogens with two attached hydrogens (primary N) is 1. The van der Waals surface area contributed by atoms with Crippen molar-refractivity contribution in [1.29, 1.82) is 0 Å². The molecule has 0 aliphatic rings. The van der Waals surface area contributed by atoms with Crippen LogP contribution in [0.3, 0.4) is 0 Å². The van der Waals surface area contributed by atoms with Crippen molar-refractivity contribution in [3.63, 3.8) is 0 Å². The number of aliphatic hydroxyl groups excluding tert-OH is 1. The van der Waals surface area contributed by atoms with Crippen LogP contribution in [0.15, 0.2) is 0 Å². The van der Waals surface area contributed by atoms with Gasteiger partial charge in [-0.2, -0.15) is 0 Å². The molecule has 0 aromatic heterocycles. The molecule has 0 aromatic carbocycles. The third kappa shape index (κ3) is 9.65. The minimum Gasteiger partial charge on any atom is -0.391 e. The molecule has 15 heavy (non-hydrogen) atoms. The summed E-state index contributed by atoms with van der Waals surface area (Å²) in [5.74, 6) is 4.64. The highest BCUT2D eigenvalue weighted by Gasteiger charge is 2.07. The summed E-state index contributed by atoms with van der Waals surface area (Å²) in [6, 6.07) is 0. The number of hydrogen-bond donors (Lipinski definition) is 3. The summed E-state index contributed by atoms with van der Waals surface area (Å²) in [5, 5.41) is 9.40. The van der Waals surface area contributed by atoms with E-state index in [-0.39, 0.29) is 12.3 Å². The molecule has 0 aliphatic carbocycles. The maximum atomic E-state index is 10.7. The molecular formula is C10H22N2O3. The van der Waals surface area contributed by atoms with Crippen molar-refractivity contribution in [2.75, 3.05) is 13.2 Å². The number of amides is 1. The largest absolute Gasteiger partial charge is 0.391 e. The Labute approximate surface area is 91.0 Å². The second kappa shape index (κ2) is 9.89. The van der Waals surface area contributed by atoms with Gasteiger partial charge in [-0.1, -0.05) is 19.8 Å². The van der Waals surface area contributed by atoms with E-state index in [2.05, 4.69) is 6.92 Å². The third-order valence-electron chi connectivity index (χ3n) is 2.07. The van der Waals surface area contributed by atoms with Crippen LogP contribution in [0.1, 0.15) is 39.0 Å². The van der Waals surface area contributed by atoms with Crippen molar-refractivity contribution < 1.29 is 14.6 Å². The van der Waals surface area contributed by atoms with Crippen molar-refractivity contribution in [1.82, 2.24) is 5.43 Å². The number of ether oxygens (including phenoxy) is 1. The van der Waals surface area contributed by atoms with Gasteiger partial charge in [0, 0.05) is 13.0 Å². The van der Waals surface area contributed by atoms with Gasteiger partial charge in [-0.3, -0.25) is 10.2 Å².